The molecule has 0 fully saturated rings. The standard InChI is InChI=1S/C13H10Cl2N2O5S/c1-22-11-6-5-8(17(18)19)7-10(11)16-23(20,21)12-4-2-3-9(14)13(12)15/h2-7,16H,1H3. The van der Waals surface area contributed by atoms with E-state index in [1.54, 1.807) is 0 Å². The van der Waals surface area contributed by atoms with Crippen LogP contribution in [0.25, 0.3) is 0 Å². The molecule has 10 heteroatoms. The largest absolute Gasteiger partial charge is 0.495 e. The van der Waals surface area contributed by atoms with Crippen molar-refractivity contribution in [2.45, 2.75) is 4.90 Å². The summed E-state index contributed by atoms with van der Waals surface area (Å²) in [4.78, 5) is 9.94. The van der Waals surface area contributed by atoms with E-state index in [1.165, 1.54) is 37.4 Å². The molecule has 0 atom stereocenters. The van der Waals surface area contributed by atoms with Crippen LogP contribution in [-0.2, 0) is 10.0 Å². The van der Waals surface area contributed by atoms with Crippen molar-refractivity contribution in [3.05, 3.63) is 56.6 Å². The zero-order valence-corrected chi connectivity index (χ0v) is 13.9. The van der Waals surface area contributed by atoms with Crippen molar-refractivity contribution < 1.29 is 18.1 Å². The molecule has 7 nitrogen and oxygen atoms in total. The van der Waals surface area contributed by atoms with Gasteiger partial charge in [-0.15, -0.1) is 0 Å². The third-order valence-electron chi connectivity index (χ3n) is 2.84. The van der Waals surface area contributed by atoms with Crippen LogP contribution in [0.5, 0.6) is 5.75 Å². The Labute approximate surface area is 142 Å². The van der Waals surface area contributed by atoms with Crippen molar-refractivity contribution in [2.75, 3.05) is 11.8 Å². The van der Waals surface area contributed by atoms with Crippen molar-refractivity contribution in [1.82, 2.24) is 0 Å². The number of nitro benzene ring substituents is 1. The zero-order chi connectivity index (χ0) is 17.2. The summed E-state index contributed by atoms with van der Waals surface area (Å²) in [6.07, 6.45) is 0. The lowest BCUT2D eigenvalue weighted by Crippen LogP contribution is -2.14. The third-order valence-corrected chi connectivity index (χ3v) is 5.18. The Hall–Kier alpha value is -2.03. The highest BCUT2D eigenvalue weighted by Gasteiger charge is 2.22. The second-order valence-corrected chi connectivity index (χ2v) is 6.74. The summed E-state index contributed by atoms with van der Waals surface area (Å²) in [6, 6.07) is 7.66. The van der Waals surface area contributed by atoms with Crippen LogP contribution in [0, 0.1) is 10.1 Å². The molecule has 2 rings (SSSR count). The Kier molecular flexibility index (Phi) is 4.98. The summed E-state index contributed by atoms with van der Waals surface area (Å²) in [5.41, 5.74) is -0.376. The summed E-state index contributed by atoms with van der Waals surface area (Å²) in [6.45, 7) is 0. The number of sulfonamides is 1. The Balaban J connectivity index is 2.50. The molecule has 0 aromatic heterocycles. The molecule has 0 saturated carbocycles. The molecule has 0 unspecified atom stereocenters. The van der Waals surface area contributed by atoms with Gasteiger partial charge in [0.05, 0.1) is 27.8 Å². The minimum absolute atomic E-state index is 0.0700. The van der Waals surface area contributed by atoms with Gasteiger partial charge in [0, 0.05) is 12.1 Å². The number of anilines is 1. The number of hydrogen-bond donors (Lipinski definition) is 1. The molecule has 2 aromatic rings. The first-order chi connectivity index (χ1) is 10.8. The van der Waals surface area contributed by atoms with E-state index in [9.17, 15) is 18.5 Å². The summed E-state index contributed by atoms with van der Waals surface area (Å²) < 4.78 is 32.1. The molecule has 0 amide bonds. The monoisotopic (exact) mass is 376 g/mol. The molecule has 0 saturated heterocycles. The Bertz CT molecular complexity index is 871. The Morgan fingerprint density at radius 1 is 1.22 bits per heavy atom. The lowest BCUT2D eigenvalue weighted by molar-refractivity contribution is -0.384. The van der Waals surface area contributed by atoms with E-state index in [1.807, 2.05) is 0 Å². The minimum atomic E-state index is -4.11. The molecule has 122 valence electrons. The number of halogens is 2. The van der Waals surface area contributed by atoms with E-state index in [0.717, 1.165) is 6.07 Å². The number of non-ortho nitro benzene ring substituents is 1. The highest BCUT2D eigenvalue weighted by molar-refractivity contribution is 7.92. The fourth-order valence-electron chi connectivity index (χ4n) is 1.78. The van der Waals surface area contributed by atoms with Gasteiger partial charge in [0.15, 0.2) is 0 Å². The second-order valence-electron chi connectivity index (χ2n) is 4.30. The molecule has 0 aliphatic heterocycles. The average Bonchev–Trinajstić information content (AvgIpc) is 2.49. The number of nitrogens with one attached hydrogen (secondary N) is 1. The summed E-state index contributed by atoms with van der Waals surface area (Å²) in [5.74, 6) is 0.123. The van der Waals surface area contributed by atoms with Crippen LogP contribution in [0.4, 0.5) is 11.4 Å². The number of nitrogens with zero attached hydrogens (tertiary/aromatic N) is 1. The van der Waals surface area contributed by atoms with E-state index in [-0.39, 0.29) is 32.1 Å². The quantitative estimate of drug-likeness (QED) is 0.633. The van der Waals surface area contributed by atoms with Crippen LogP contribution in [0.3, 0.4) is 0 Å². The zero-order valence-electron chi connectivity index (χ0n) is 11.6. The van der Waals surface area contributed by atoms with Gasteiger partial charge in [-0.2, -0.15) is 0 Å². The van der Waals surface area contributed by atoms with Crippen molar-refractivity contribution in [2.24, 2.45) is 0 Å². The molecule has 23 heavy (non-hydrogen) atoms. The van der Waals surface area contributed by atoms with Crippen LogP contribution in [-0.4, -0.2) is 20.5 Å². The van der Waals surface area contributed by atoms with E-state index >= 15 is 0 Å². The van der Waals surface area contributed by atoms with Gasteiger partial charge in [0.25, 0.3) is 15.7 Å². The number of methoxy groups -OCH3 is 1. The van der Waals surface area contributed by atoms with Crippen LogP contribution < -0.4 is 9.46 Å². The third kappa shape index (κ3) is 3.66. The van der Waals surface area contributed by atoms with Crippen molar-refractivity contribution in [3.8, 4) is 5.75 Å². The average molecular weight is 377 g/mol. The number of ether oxygens (including phenoxy) is 1. The van der Waals surface area contributed by atoms with Gasteiger partial charge in [-0.05, 0) is 18.2 Å². The SMILES string of the molecule is COc1ccc([N+](=O)[O-])cc1NS(=O)(=O)c1cccc(Cl)c1Cl. The van der Waals surface area contributed by atoms with Gasteiger partial charge in [-0.25, -0.2) is 8.42 Å². The fourth-order valence-corrected chi connectivity index (χ4v) is 3.60. The van der Waals surface area contributed by atoms with Crippen LogP contribution in [0.2, 0.25) is 10.0 Å². The molecule has 0 heterocycles. The maximum absolute atomic E-state index is 12.4. The van der Waals surface area contributed by atoms with Gasteiger partial charge in [0.1, 0.15) is 10.6 Å². The van der Waals surface area contributed by atoms with Crippen LogP contribution >= 0.6 is 23.2 Å². The first kappa shape index (κ1) is 17.3. The second kappa shape index (κ2) is 6.61. The summed E-state index contributed by atoms with van der Waals surface area (Å²) in [5, 5.41) is 10.8. The topological polar surface area (TPSA) is 98.5 Å². The lowest BCUT2D eigenvalue weighted by atomic mass is 10.2. The van der Waals surface area contributed by atoms with Crippen molar-refractivity contribution >= 4 is 44.6 Å². The molecule has 1 N–H and O–H groups in total. The molecule has 0 bridgehead atoms. The van der Waals surface area contributed by atoms with Gasteiger partial charge < -0.3 is 4.74 Å². The van der Waals surface area contributed by atoms with Crippen LogP contribution in [0.15, 0.2) is 41.3 Å². The van der Waals surface area contributed by atoms with Crippen molar-refractivity contribution in [3.63, 3.8) is 0 Å². The molecule has 2 aromatic carbocycles. The molecular weight excluding hydrogens is 367 g/mol. The van der Waals surface area contributed by atoms with Gasteiger partial charge in [0.2, 0.25) is 0 Å². The molecule has 0 radical (unpaired) electrons. The van der Waals surface area contributed by atoms with E-state index in [4.69, 9.17) is 27.9 Å². The number of rotatable bonds is 5. The molecule has 0 aliphatic rings. The summed E-state index contributed by atoms with van der Waals surface area (Å²) >= 11 is 11.7. The molecule has 0 aliphatic carbocycles. The predicted molar refractivity (Wildman–Crippen MR) is 86.9 cm³/mol. The highest BCUT2D eigenvalue weighted by atomic mass is 35.5. The van der Waals surface area contributed by atoms with E-state index in [2.05, 4.69) is 4.72 Å². The van der Waals surface area contributed by atoms with Gasteiger partial charge in [-0.3, -0.25) is 14.8 Å². The Morgan fingerprint density at radius 2 is 1.91 bits per heavy atom. The predicted octanol–water partition coefficient (Wildman–Crippen LogP) is 3.71. The van der Waals surface area contributed by atoms with Crippen molar-refractivity contribution in [1.29, 1.82) is 0 Å². The van der Waals surface area contributed by atoms with E-state index < -0.39 is 14.9 Å². The maximum atomic E-state index is 12.4. The minimum Gasteiger partial charge on any atom is -0.495 e. The number of hydrogen-bond acceptors (Lipinski definition) is 5. The number of nitro groups is 1. The van der Waals surface area contributed by atoms with Gasteiger partial charge in [-0.1, -0.05) is 29.3 Å². The van der Waals surface area contributed by atoms with Gasteiger partial charge >= 0.3 is 0 Å². The van der Waals surface area contributed by atoms with Crippen LogP contribution in [0.1, 0.15) is 0 Å². The first-order valence-electron chi connectivity index (χ1n) is 6.05. The Morgan fingerprint density at radius 3 is 2.52 bits per heavy atom. The molecule has 0 spiro atoms. The normalized spacial score (nSPS) is 11.1. The fraction of sp³-hybridized carbons (Fsp3) is 0.0769. The maximum Gasteiger partial charge on any atom is 0.271 e. The highest BCUT2D eigenvalue weighted by Crippen LogP contribution is 2.34. The number of benzene rings is 2. The smallest absolute Gasteiger partial charge is 0.271 e. The molecular formula is C13H10Cl2N2O5S. The first-order valence-corrected chi connectivity index (χ1v) is 8.29. The van der Waals surface area contributed by atoms with E-state index in [0.29, 0.717) is 0 Å². The lowest BCUT2D eigenvalue weighted by Gasteiger charge is -2.13. The summed E-state index contributed by atoms with van der Waals surface area (Å²) in [7, 11) is -2.80.